The molecule has 0 atom stereocenters. The topological polar surface area (TPSA) is 72.2 Å². The largest absolute Gasteiger partial charge is 0.317 e. The molecule has 0 aliphatic rings. The summed E-state index contributed by atoms with van der Waals surface area (Å²) in [6.07, 6.45) is 9.75. The molecule has 6 N–H and O–H groups in total. The Morgan fingerprint density at radius 2 is 0.800 bits per heavy atom. The van der Waals surface area contributed by atoms with Gasteiger partial charge >= 0.3 is 0 Å². The second-order valence-corrected chi connectivity index (χ2v) is 16.5. The maximum absolute atomic E-state index is 3.68. The average molecular weight is 778 g/mol. The van der Waals surface area contributed by atoms with Crippen LogP contribution in [-0.2, 0) is 18.5 Å². The molecule has 0 saturated heterocycles. The minimum absolute atomic E-state index is 0. The van der Waals surface area contributed by atoms with Crippen molar-refractivity contribution in [3.05, 3.63) is 83.4 Å². The molecule has 0 saturated carbocycles. The second kappa shape index (κ2) is 29.0. The number of benzene rings is 3. The lowest BCUT2D eigenvalue weighted by Gasteiger charge is -2.22. The molecule has 7 heteroatoms. The van der Waals surface area contributed by atoms with Crippen molar-refractivity contribution in [2.24, 2.45) is 11.8 Å². The van der Waals surface area contributed by atoms with Crippen LogP contribution < -0.4 is 31.9 Å². The Morgan fingerprint density at radius 1 is 0.436 bits per heavy atom. The van der Waals surface area contributed by atoms with E-state index in [0.29, 0.717) is 0 Å². The summed E-state index contributed by atoms with van der Waals surface area (Å²) in [5.74, 6) is 1.64. The van der Waals surface area contributed by atoms with Gasteiger partial charge in [0.05, 0.1) is 0 Å². The molecular formula is C48H81ClN6. The molecule has 0 spiro atoms. The zero-order chi connectivity index (χ0) is 38.9. The monoisotopic (exact) mass is 777 g/mol. The number of hydrogen-bond donors (Lipinski definition) is 6. The first-order valence-electron chi connectivity index (χ1n) is 21.9. The Hall–Kier alpha value is -2.29. The average Bonchev–Trinajstić information content (AvgIpc) is 3.18. The smallest absolute Gasteiger partial charge is 0.0205 e. The third-order valence-corrected chi connectivity index (χ3v) is 11.0. The van der Waals surface area contributed by atoms with Gasteiger partial charge < -0.3 is 31.9 Å². The highest BCUT2D eigenvalue weighted by atomic mass is 35.5. The minimum Gasteiger partial charge on any atom is -0.317 e. The molecule has 0 aromatic heterocycles. The van der Waals surface area contributed by atoms with Crippen LogP contribution in [0.2, 0.25) is 0 Å². The fourth-order valence-electron chi connectivity index (χ4n) is 6.95. The molecule has 310 valence electrons. The lowest BCUT2D eigenvalue weighted by Crippen LogP contribution is -2.27. The highest BCUT2D eigenvalue weighted by Gasteiger charge is 2.17. The van der Waals surface area contributed by atoms with Crippen LogP contribution in [0.15, 0.2) is 66.7 Å². The summed E-state index contributed by atoms with van der Waals surface area (Å²) in [6.45, 7) is 28.8. The second-order valence-electron chi connectivity index (χ2n) is 16.5. The molecule has 0 amide bonds. The number of nitrogens with one attached hydrogen (secondary N) is 6. The van der Waals surface area contributed by atoms with Gasteiger partial charge in [-0.3, -0.25) is 0 Å². The molecule has 0 bridgehead atoms. The van der Waals surface area contributed by atoms with Crippen molar-refractivity contribution >= 4 is 12.4 Å². The van der Waals surface area contributed by atoms with Gasteiger partial charge in [0.1, 0.15) is 0 Å². The van der Waals surface area contributed by atoms with E-state index in [1.165, 1.54) is 77.5 Å². The minimum atomic E-state index is 0. The maximum Gasteiger partial charge on any atom is 0.0205 e. The molecule has 3 rings (SSSR count). The SMILES string of the molecule is CCC(CC)CNCCCNCCCNCc1cccc(-c2cc(-c3cccc(CNCCCNCCCNCC(CC)CC)c3)cc(C(C)(C)C)c2)c1.Cl. The molecule has 0 fully saturated rings. The molecule has 3 aromatic carbocycles. The standard InChI is InChI=1S/C48H80N6.ClH/c1-8-39(9-2)35-51-26-14-22-49-24-16-28-53-37-41-18-12-20-43(30-41)45-32-46(34-47(33-45)48(5,6)7)44-21-13-19-42(31-44)38-54-29-17-25-50-23-15-27-52-36-40(10-3)11-4;/h12-13,18-21,30-34,39-40,49-54H,8-11,14-17,22-29,35-38H2,1-7H3;1H. The van der Waals surface area contributed by atoms with Crippen molar-refractivity contribution in [1.82, 2.24) is 31.9 Å². The van der Waals surface area contributed by atoms with Crippen molar-refractivity contribution in [2.75, 3.05) is 65.4 Å². The predicted molar refractivity (Wildman–Crippen MR) is 245 cm³/mol. The van der Waals surface area contributed by atoms with Crippen molar-refractivity contribution in [1.29, 1.82) is 0 Å². The maximum atomic E-state index is 3.68. The van der Waals surface area contributed by atoms with Crippen LogP contribution in [0.3, 0.4) is 0 Å². The van der Waals surface area contributed by atoms with E-state index in [1.54, 1.807) is 0 Å². The third-order valence-electron chi connectivity index (χ3n) is 11.0. The van der Waals surface area contributed by atoms with E-state index >= 15 is 0 Å². The number of rotatable bonds is 30. The Bertz CT molecular complexity index is 1300. The highest BCUT2D eigenvalue weighted by Crippen LogP contribution is 2.34. The van der Waals surface area contributed by atoms with Gasteiger partial charge in [-0.2, -0.15) is 0 Å². The van der Waals surface area contributed by atoms with E-state index in [1.807, 2.05) is 0 Å². The van der Waals surface area contributed by atoms with Gasteiger partial charge in [-0.15, -0.1) is 12.4 Å². The number of halogens is 1. The van der Waals surface area contributed by atoms with Crippen molar-refractivity contribution in [2.45, 2.75) is 118 Å². The van der Waals surface area contributed by atoms with Crippen LogP contribution in [0, 0.1) is 11.8 Å². The van der Waals surface area contributed by atoms with Crippen LogP contribution in [0.5, 0.6) is 0 Å². The summed E-state index contributed by atoms with van der Waals surface area (Å²) in [4.78, 5) is 0. The predicted octanol–water partition coefficient (Wildman–Crippen LogP) is 9.71. The van der Waals surface area contributed by atoms with E-state index < -0.39 is 0 Å². The summed E-state index contributed by atoms with van der Waals surface area (Å²) in [7, 11) is 0. The van der Waals surface area contributed by atoms with Gasteiger partial charge in [-0.1, -0.05) is 123 Å². The van der Waals surface area contributed by atoms with Gasteiger partial charge in [0.15, 0.2) is 0 Å². The van der Waals surface area contributed by atoms with E-state index in [9.17, 15) is 0 Å². The lowest BCUT2D eigenvalue weighted by molar-refractivity contribution is 0.445. The fourth-order valence-corrected chi connectivity index (χ4v) is 6.95. The summed E-state index contributed by atoms with van der Waals surface area (Å²) >= 11 is 0. The Balaban J connectivity index is 0.0000105. The zero-order valence-electron chi connectivity index (χ0n) is 36.1. The van der Waals surface area contributed by atoms with E-state index in [2.05, 4.69) is 147 Å². The van der Waals surface area contributed by atoms with Crippen LogP contribution in [0.1, 0.15) is 117 Å². The van der Waals surface area contributed by atoms with Crippen molar-refractivity contribution < 1.29 is 0 Å². The molecular weight excluding hydrogens is 696 g/mol. The van der Waals surface area contributed by atoms with Gasteiger partial charge in [0.25, 0.3) is 0 Å². The molecule has 0 heterocycles. The van der Waals surface area contributed by atoms with Crippen LogP contribution >= 0.6 is 12.4 Å². The van der Waals surface area contributed by atoms with Crippen LogP contribution in [0.25, 0.3) is 22.3 Å². The van der Waals surface area contributed by atoms with Gasteiger partial charge in [0.2, 0.25) is 0 Å². The van der Waals surface area contributed by atoms with Crippen molar-refractivity contribution in [3.63, 3.8) is 0 Å². The quantitative estimate of drug-likeness (QED) is 0.0379. The van der Waals surface area contributed by atoms with Gasteiger partial charge in [-0.05, 0) is 166 Å². The third kappa shape index (κ3) is 20.1. The highest BCUT2D eigenvalue weighted by molar-refractivity contribution is 5.85. The molecule has 0 radical (unpaired) electrons. The molecule has 0 aliphatic carbocycles. The van der Waals surface area contributed by atoms with E-state index in [0.717, 1.165) is 103 Å². The number of hydrogen-bond acceptors (Lipinski definition) is 6. The molecule has 3 aromatic rings. The first-order valence-corrected chi connectivity index (χ1v) is 21.9. The van der Waals surface area contributed by atoms with Gasteiger partial charge in [-0.25, -0.2) is 0 Å². The summed E-state index contributed by atoms with van der Waals surface area (Å²) in [6, 6.07) is 25.4. The normalized spacial score (nSPS) is 11.8. The first-order chi connectivity index (χ1) is 26.3. The molecule has 6 nitrogen and oxygen atoms in total. The van der Waals surface area contributed by atoms with E-state index in [-0.39, 0.29) is 17.8 Å². The zero-order valence-corrected chi connectivity index (χ0v) is 36.9. The van der Waals surface area contributed by atoms with Crippen LogP contribution in [0.4, 0.5) is 0 Å². The first kappa shape index (κ1) is 48.9. The summed E-state index contributed by atoms with van der Waals surface area (Å²) in [5, 5.41) is 21.8. The Kier molecular flexibility index (Phi) is 25.8. The molecule has 0 unspecified atom stereocenters. The van der Waals surface area contributed by atoms with Crippen LogP contribution in [-0.4, -0.2) is 65.4 Å². The Labute approximate surface area is 344 Å². The Morgan fingerprint density at radius 3 is 1.16 bits per heavy atom. The summed E-state index contributed by atoms with van der Waals surface area (Å²) < 4.78 is 0. The molecule has 55 heavy (non-hydrogen) atoms. The lowest BCUT2D eigenvalue weighted by atomic mass is 9.83. The van der Waals surface area contributed by atoms with Crippen molar-refractivity contribution in [3.8, 4) is 22.3 Å². The van der Waals surface area contributed by atoms with Gasteiger partial charge in [0, 0.05) is 13.1 Å². The summed E-state index contributed by atoms with van der Waals surface area (Å²) in [5.41, 5.74) is 9.23. The van der Waals surface area contributed by atoms with E-state index in [4.69, 9.17) is 0 Å². The molecule has 0 aliphatic heterocycles. The fraction of sp³-hybridized carbons (Fsp3) is 0.625.